The van der Waals surface area contributed by atoms with Crippen LogP contribution in [0, 0.1) is 6.92 Å². The number of benzene rings is 2. The van der Waals surface area contributed by atoms with Gasteiger partial charge in [-0.25, -0.2) is 4.79 Å². The number of aromatic nitrogens is 1. The van der Waals surface area contributed by atoms with Crippen molar-refractivity contribution >= 4 is 22.6 Å². The zero-order valence-corrected chi connectivity index (χ0v) is 16.7. The first-order chi connectivity index (χ1) is 14.4. The lowest BCUT2D eigenvalue weighted by Crippen LogP contribution is -2.15. The number of nitrogens with two attached hydrogens (primary N) is 1. The summed E-state index contributed by atoms with van der Waals surface area (Å²) in [6.07, 6.45) is 1.63. The lowest BCUT2D eigenvalue weighted by Gasteiger charge is -2.13. The van der Waals surface area contributed by atoms with Gasteiger partial charge in [0.2, 0.25) is 0 Å². The number of nitrogens with zero attached hydrogens (tertiary/aromatic N) is 1. The van der Waals surface area contributed by atoms with E-state index in [9.17, 15) is 20.1 Å². The molecular formula is C22H25N3O5. The molecule has 0 fully saturated rings. The Balaban J connectivity index is 1.54. The molecule has 0 unspecified atom stereocenters. The molecule has 0 saturated carbocycles. The maximum absolute atomic E-state index is 11.5. The molecule has 2 aromatic carbocycles. The number of ether oxygens (including phenoxy) is 1. The predicted molar refractivity (Wildman–Crippen MR) is 114 cm³/mol. The summed E-state index contributed by atoms with van der Waals surface area (Å²) in [5, 5.41) is 32.1. The van der Waals surface area contributed by atoms with Crippen LogP contribution in [0.25, 0.3) is 10.9 Å². The monoisotopic (exact) mass is 411 g/mol. The van der Waals surface area contributed by atoms with Crippen molar-refractivity contribution in [3.8, 4) is 17.2 Å². The van der Waals surface area contributed by atoms with Crippen LogP contribution < -0.4 is 15.8 Å². The van der Waals surface area contributed by atoms with Gasteiger partial charge in [0.25, 0.3) is 0 Å². The van der Waals surface area contributed by atoms with E-state index in [2.05, 4.69) is 10.3 Å². The molecule has 0 aliphatic rings. The van der Waals surface area contributed by atoms with Crippen LogP contribution >= 0.6 is 0 Å². The quantitative estimate of drug-likeness (QED) is 0.339. The number of pyridine rings is 1. The number of fused-ring (bicyclic) bond motifs is 1. The summed E-state index contributed by atoms with van der Waals surface area (Å²) in [5.41, 5.74) is 8.06. The minimum atomic E-state index is -1.11. The molecule has 0 atom stereocenters. The average molecular weight is 411 g/mol. The number of hydrogen-bond donors (Lipinski definition) is 5. The molecule has 0 aliphatic carbocycles. The summed E-state index contributed by atoms with van der Waals surface area (Å²) in [7, 11) is 0. The zero-order chi connectivity index (χ0) is 21.7. The Hall–Kier alpha value is -3.52. The van der Waals surface area contributed by atoms with Gasteiger partial charge in [-0.1, -0.05) is 6.07 Å². The van der Waals surface area contributed by atoms with Crippen LogP contribution in [0.4, 0.5) is 5.69 Å². The highest BCUT2D eigenvalue weighted by molar-refractivity contribution is 6.06. The van der Waals surface area contributed by atoms with Crippen LogP contribution in [0.3, 0.4) is 0 Å². The second kappa shape index (κ2) is 9.32. The molecule has 8 heteroatoms. The van der Waals surface area contributed by atoms with E-state index in [1.165, 1.54) is 6.07 Å². The lowest BCUT2D eigenvalue weighted by atomic mass is 10.1. The molecule has 0 aliphatic heterocycles. The fraction of sp³-hybridized carbons (Fsp3) is 0.273. The number of phenols is 2. The van der Waals surface area contributed by atoms with E-state index in [0.29, 0.717) is 35.5 Å². The number of carbonyl (C=O) groups is 1. The maximum Gasteiger partial charge on any atom is 0.339 e. The number of aryl methyl sites for hydroxylation is 1. The number of nitrogen functional groups attached to an aromatic ring is 1. The van der Waals surface area contributed by atoms with Gasteiger partial charge in [-0.2, -0.15) is 0 Å². The van der Waals surface area contributed by atoms with Crippen molar-refractivity contribution in [3.05, 3.63) is 53.2 Å². The first-order valence-electron chi connectivity index (χ1n) is 9.64. The molecule has 0 amide bonds. The van der Waals surface area contributed by atoms with Crippen LogP contribution in [-0.2, 0) is 6.54 Å². The van der Waals surface area contributed by atoms with Gasteiger partial charge in [-0.15, -0.1) is 0 Å². The molecule has 3 rings (SSSR count). The molecule has 0 saturated heterocycles. The van der Waals surface area contributed by atoms with Crippen molar-refractivity contribution in [1.29, 1.82) is 0 Å². The van der Waals surface area contributed by atoms with Gasteiger partial charge in [-0.05, 0) is 56.1 Å². The Morgan fingerprint density at radius 2 is 1.90 bits per heavy atom. The van der Waals surface area contributed by atoms with Crippen molar-refractivity contribution < 1.29 is 24.9 Å². The van der Waals surface area contributed by atoms with Gasteiger partial charge in [0.05, 0.1) is 28.9 Å². The van der Waals surface area contributed by atoms with E-state index in [-0.39, 0.29) is 22.7 Å². The maximum atomic E-state index is 11.5. The summed E-state index contributed by atoms with van der Waals surface area (Å²) in [5.74, 6) is -0.529. The lowest BCUT2D eigenvalue weighted by molar-refractivity contribution is 0.0697. The molecule has 0 spiro atoms. The van der Waals surface area contributed by atoms with E-state index in [0.717, 1.165) is 24.9 Å². The van der Waals surface area contributed by atoms with Crippen LogP contribution in [0.5, 0.6) is 17.2 Å². The Labute approximate surface area is 173 Å². The summed E-state index contributed by atoms with van der Waals surface area (Å²) >= 11 is 0. The van der Waals surface area contributed by atoms with E-state index in [1.807, 2.05) is 0 Å². The molecule has 0 radical (unpaired) electrons. The van der Waals surface area contributed by atoms with Crippen molar-refractivity contribution in [3.63, 3.8) is 0 Å². The number of carboxylic acids is 1. The van der Waals surface area contributed by atoms with E-state index in [1.54, 1.807) is 37.3 Å². The van der Waals surface area contributed by atoms with Gasteiger partial charge in [0.1, 0.15) is 22.8 Å². The first kappa shape index (κ1) is 21.2. The number of carboxylic acid groups (broad SMARTS) is 1. The number of unbranched alkanes of at least 4 members (excludes halogenated alkanes) is 1. The Kier molecular flexibility index (Phi) is 6.58. The Morgan fingerprint density at radius 1 is 1.17 bits per heavy atom. The smallest absolute Gasteiger partial charge is 0.339 e. The van der Waals surface area contributed by atoms with Gasteiger partial charge >= 0.3 is 5.97 Å². The van der Waals surface area contributed by atoms with Gasteiger partial charge in [0.15, 0.2) is 0 Å². The van der Waals surface area contributed by atoms with Gasteiger partial charge in [-0.3, -0.25) is 4.98 Å². The van der Waals surface area contributed by atoms with Crippen molar-refractivity contribution in [2.75, 3.05) is 18.9 Å². The molecule has 30 heavy (non-hydrogen) atoms. The number of anilines is 1. The second-order valence-corrected chi connectivity index (χ2v) is 7.03. The van der Waals surface area contributed by atoms with Crippen LogP contribution in [-0.4, -0.2) is 39.4 Å². The zero-order valence-electron chi connectivity index (χ0n) is 16.7. The molecule has 3 aromatic rings. The molecule has 158 valence electrons. The Morgan fingerprint density at radius 3 is 2.60 bits per heavy atom. The topological polar surface area (TPSA) is 138 Å². The first-order valence-corrected chi connectivity index (χ1v) is 9.64. The van der Waals surface area contributed by atoms with E-state index in [4.69, 9.17) is 10.5 Å². The SMILES string of the molecule is Cc1nc2cccc(OCCCCNCc3cc(O)cc(O)c3)c2c(N)c1C(=O)O. The average Bonchev–Trinajstić information content (AvgIpc) is 2.66. The summed E-state index contributed by atoms with van der Waals surface area (Å²) in [6.45, 7) is 3.34. The van der Waals surface area contributed by atoms with Crippen LogP contribution in [0.1, 0.15) is 34.5 Å². The number of phenolic OH excluding ortho intramolecular Hbond substituents is 2. The number of aromatic hydroxyl groups is 2. The molecule has 0 bridgehead atoms. The number of nitrogens with one attached hydrogen (secondary N) is 1. The van der Waals surface area contributed by atoms with E-state index >= 15 is 0 Å². The molecule has 1 heterocycles. The third-order valence-corrected chi connectivity index (χ3v) is 4.70. The minimum Gasteiger partial charge on any atom is -0.508 e. The highest BCUT2D eigenvalue weighted by atomic mass is 16.5. The number of aromatic carboxylic acids is 1. The Bertz CT molecular complexity index is 1050. The third kappa shape index (κ3) is 4.90. The van der Waals surface area contributed by atoms with Crippen molar-refractivity contribution in [2.45, 2.75) is 26.3 Å². The van der Waals surface area contributed by atoms with Gasteiger partial charge < -0.3 is 31.1 Å². The normalized spacial score (nSPS) is 11.0. The summed E-state index contributed by atoms with van der Waals surface area (Å²) in [4.78, 5) is 15.8. The largest absolute Gasteiger partial charge is 0.508 e. The summed E-state index contributed by atoms with van der Waals surface area (Å²) in [6, 6.07) is 9.82. The fourth-order valence-electron chi connectivity index (χ4n) is 3.36. The fourth-order valence-corrected chi connectivity index (χ4v) is 3.36. The number of rotatable bonds is 9. The highest BCUT2D eigenvalue weighted by Crippen LogP contribution is 2.33. The van der Waals surface area contributed by atoms with Crippen LogP contribution in [0.15, 0.2) is 36.4 Å². The molecule has 6 N–H and O–H groups in total. The third-order valence-electron chi connectivity index (χ3n) is 4.70. The molecule has 8 nitrogen and oxygen atoms in total. The second-order valence-electron chi connectivity index (χ2n) is 7.03. The van der Waals surface area contributed by atoms with E-state index < -0.39 is 5.97 Å². The van der Waals surface area contributed by atoms with Gasteiger partial charge in [0, 0.05) is 12.6 Å². The summed E-state index contributed by atoms with van der Waals surface area (Å²) < 4.78 is 5.86. The standard InChI is InChI=1S/C22H25N3O5/c1-13-19(22(28)29)21(23)20-17(25-13)5-4-6-18(20)30-8-3-2-7-24-12-14-9-15(26)11-16(27)10-14/h4-6,9-11,24,26-27H,2-3,7-8,12H2,1H3,(H2,23,25)(H,28,29). The molecular weight excluding hydrogens is 386 g/mol. The highest BCUT2D eigenvalue weighted by Gasteiger charge is 2.18. The predicted octanol–water partition coefficient (Wildman–Crippen LogP) is 3.18. The number of hydrogen-bond acceptors (Lipinski definition) is 7. The van der Waals surface area contributed by atoms with Crippen LogP contribution in [0.2, 0.25) is 0 Å². The molecule has 1 aromatic heterocycles. The van der Waals surface area contributed by atoms with Crippen molar-refractivity contribution in [1.82, 2.24) is 10.3 Å². The minimum absolute atomic E-state index is 0.000681. The van der Waals surface area contributed by atoms with Crippen molar-refractivity contribution in [2.24, 2.45) is 0 Å².